The first-order chi connectivity index (χ1) is 12.6. The van der Waals surface area contributed by atoms with Crippen molar-refractivity contribution < 1.29 is 38.7 Å². The van der Waals surface area contributed by atoms with Crippen LogP contribution in [-0.4, -0.2) is 71.5 Å². The zero-order valence-corrected chi connectivity index (χ0v) is 15.9. The second-order valence-corrected chi connectivity index (χ2v) is 8.45. The van der Waals surface area contributed by atoms with E-state index in [1.54, 1.807) is 0 Å². The molecule has 27 heavy (non-hydrogen) atoms. The van der Waals surface area contributed by atoms with Crippen LogP contribution in [0, 0.1) is 10.8 Å². The molecule has 3 fully saturated rings. The van der Waals surface area contributed by atoms with Crippen LogP contribution in [0.1, 0.15) is 34.1 Å². The van der Waals surface area contributed by atoms with E-state index < -0.39 is 58.9 Å². The van der Waals surface area contributed by atoms with Crippen LogP contribution in [0.25, 0.3) is 0 Å². The summed E-state index contributed by atoms with van der Waals surface area (Å²) in [5.74, 6) is -0.978. The lowest BCUT2D eigenvalue weighted by Gasteiger charge is -2.58. The van der Waals surface area contributed by atoms with Gasteiger partial charge in [-0.15, -0.1) is 0 Å². The third-order valence-electron chi connectivity index (χ3n) is 7.18. The zero-order chi connectivity index (χ0) is 19.8. The number of fused-ring (bicyclic) bond motifs is 2. The summed E-state index contributed by atoms with van der Waals surface area (Å²) in [7, 11) is 0. The molecule has 0 amide bonds. The van der Waals surface area contributed by atoms with Crippen molar-refractivity contribution in [3.8, 4) is 0 Å². The highest BCUT2D eigenvalue weighted by Crippen LogP contribution is 2.72. The normalized spacial score (nSPS) is 50.0. The van der Waals surface area contributed by atoms with Crippen LogP contribution in [0.3, 0.4) is 0 Å². The van der Waals surface area contributed by atoms with Crippen LogP contribution in [-0.2, 0) is 28.5 Å². The first-order valence-corrected chi connectivity index (χ1v) is 9.23. The van der Waals surface area contributed by atoms with Gasteiger partial charge in [-0.25, -0.2) is 0 Å². The fourth-order valence-electron chi connectivity index (χ4n) is 5.60. The van der Waals surface area contributed by atoms with Crippen LogP contribution in [0.5, 0.6) is 0 Å². The molecule has 2 heterocycles. The van der Waals surface area contributed by atoms with Crippen molar-refractivity contribution in [2.24, 2.45) is 10.8 Å². The van der Waals surface area contributed by atoms with E-state index in [1.165, 1.54) is 13.8 Å². The van der Waals surface area contributed by atoms with Crippen molar-refractivity contribution in [2.75, 3.05) is 13.2 Å². The molecule has 1 saturated carbocycles. The molecular weight excluding hydrogens is 356 g/mol. The van der Waals surface area contributed by atoms with Crippen LogP contribution >= 0.6 is 0 Å². The summed E-state index contributed by atoms with van der Waals surface area (Å²) in [4.78, 5) is 23.4. The van der Waals surface area contributed by atoms with Gasteiger partial charge in [0, 0.05) is 19.3 Å². The molecule has 2 saturated heterocycles. The molecule has 4 aliphatic rings. The summed E-state index contributed by atoms with van der Waals surface area (Å²) in [5, 5.41) is 21.6. The second-order valence-electron chi connectivity index (χ2n) is 8.45. The maximum Gasteiger partial charge on any atom is 0.303 e. The fourth-order valence-corrected chi connectivity index (χ4v) is 5.60. The lowest BCUT2D eigenvalue weighted by atomic mass is 9.51. The molecule has 8 heteroatoms. The molecule has 150 valence electrons. The number of esters is 2. The Morgan fingerprint density at radius 2 is 1.96 bits per heavy atom. The molecule has 0 aromatic heterocycles. The Balaban J connectivity index is 1.88. The topological polar surface area (TPSA) is 115 Å². The minimum atomic E-state index is -1.08. The van der Waals surface area contributed by atoms with E-state index in [4.69, 9.17) is 18.9 Å². The SMILES string of the molecule is CC(=O)OC[C@]12C[C@@H](O)C(C)=C[C@H]1O[C@@H]1[C@H](O)[C@@H](OC(C)=O)[C@@]2(C)[C@]12CO2. The van der Waals surface area contributed by atoms with E-state index in [2.05, 4.69) is 0 Å². The number of epoxide rings is 1. The highest BCUT2D eigenvalue weighted by Gasteiger charge is 2.86. The molecule has 0 aromatic rings. The summed E-state index contributed by atoms with van der Waals surface area (Å²) in [5.41, 5.74) is -1.91. The van der Waals surface area contributed by atoms with Gasteiger partial charge in [-0.1, -0.05) is 13.0 Å². The van der Waals surface area contributed by atoms with Gasteiger partial charge in [-0.05, 0) is 18.9 Å². The van der Waals surface area contributed by atoms with E-state index in [0.29, 0.717) is 6.61 Å². The summed E-state index contributed by atoms with van der Waals surface area (Å²) in [6.07, 6.45) is -1.86. The smallest absolute Gasteiger partial charge is 0.303 e. The Bertz CT molecular complexity index is 712. The number of aliphatic hydroxyl groups is 2. The summed E-state index contributed by atoms with van der Waals surface area (Å²) < 4.78 is 23.1. The predicted octanol–water partition coefficient (Wildman–Crippen LogP) is 0.0957. The molecule has 8 nitrogen and oxygen atoms in total. The van der Waals surface area contributed by atoms with E-state index in [-0.39, 0.29) is 13.0 Å². The third-order valence-corrected chi connectivity index (χ3v) is 7.18. The van der Waals surface area contributed by atoms with Crippen molar-refractivity contribution in [2.45, 2.75) is 70.2 Å². The van der Waals surface area contributed by atoms with E-state index in [9.17, 15) is 19.8 Å². The van der Waals surface area contributed by atoms with Crippen LogP contribution < -0.4 is 0 Å². The van der Waals surface area contributed by atoms with Gasteiger partial charge < -0.3 is 29.2 Å². The number of rotatable bonds is 3. The highest BCUT2D eigenvalue weighted by molar-refractivity contribution is 5.67. The largest absolute Gasteiger partial charge is 0.465 e. The predicted molar refractivity (Wildman–Crippen MR) is 90.5 cm³/mol. The van der Waals surface area contributed by atoms with Crippen LogP contribution in [0.2, 0.25) is 0 Å². The molecule has 2 bridgehead atoms. The Morgan fingerprint density at radius 3 is 2.52 bits per heavy atom. The fraction of sp³-hybridized carbons (Fsp3) is 0.789. The second kappa shape index (κ2) is 5.76. The van der Waals surface area contributed by atoms with Gasteiger partial charge in [0.25, 0.3) is 0 Å². The van der Waals surface area contributed by atoms with Crippen molar-refractivity contribution >= 4 is 11.9 Å². The standard InChI is InChI=1S/C19H26O8/c1-9-5-13-18(6-12(9)22,7-24-10(2)20)17(4)15(26-11(3)21)14(23)16(27-13)19(17)8-25-19/h5,12-16,22-23H,6-8H2,1-4H3/t12-,13-,14-,15-,16-,17-,18-,19+/m1/s1. The average molecular weight is 382 g/mol. The van der Waals surface area contributed by atoms with Crippen molar-refractivity contribution in [3.63, 3.8) is 0 Å². The molecule has 4 rings (SSSR count). The minimum Gasteiger partial charge on any atom is -0.465 e. The molecule has 1 spiro atoms. The Kier molecular flexibility index (Phi) is 4.03. The minimum absolute atomic E-state index is 0.0351. The Morgan fingerprint density at radius 1 is 1.30 bits per heavy atom. The first kappa shape index (κ1) is 18.9. The van der Waals surface area contributed by atoms with Gasteiger partial charge in [0.2, 0.25) is 0 Å². The van der Waals surface area contributed by atoms with Gasteiger partial charge in [0.05, 0.1) is 24.2 Å². The van der Waals surface area contributed by atoms with Gasteiger partial charge in [0.1, 0.15) is 30.5 Å². The van der Waals surface area contributed by atoms with E-state index >= 15 is 0 Å². The summed E-state index contributed by atoms with van der Waals surface area (Å²) in [6, 6.07) is 0. The van der Waals surface area contributed by atoms with Crippen molar-refractivity contribution in [3.05, 3.63) is 11.6 Å². The number of carbonyl (C=O) groups excluding carboxylic acids is 2. The van der Waals surface area contributed by atoms with Gasteiger partial charge >= 0.3 is 11.9 Å². The average Bonchev–Trinajstić information content (AvgIpc) is 3.36. The van der Waals surface area contributed by atoms with E-state index in [1.807, 2.05) is 19.9 Å². The molecule has 0 unspecified atom stereocenters. The quantitative estimate of drug-likeness (QED) is 0.401. The number of hydrogen-bond acceptors (Lipinski definition) is 8. The number of hydrogen-bond donors (Lipinski definition) is 2. The van der Waals surface area contributed by atoms with Crippen molar-refractivity contribution in [1.82, 2.24) is 0 Å². The molecule has 0 radical (unpaired) electrons. The Hall–Kier alpha value is -1.48. The number of aliphatic hydroxyl groups excluding tert-OH is 2. The molecule has 2 aliphatic carbocycles. The van der Waals surface area contributed by atoms with Crippen LogP contribution in [0.4, 0.5) is 0 Å². The lowest BCUT2D eigenvalue weighted by Crippen LogP contribution is -2.67. The zero-order valence-electron chi connectivity index (χ0n) is 15.9. The van der Waals surface area contributed by atoms with Crippen LogP contribution in [0.15, 0.2) is 11.6 Å². The monoisotopic (exact) mass is 382 g/mol. The van der Waals surface area contributed by atoms with Gasteiger partial charge in [-0.3, -0.25) is 9.59 Å². The maximum atomic E-state index is 11.8. The van der Waals surface area contributed by atoms with Gasteiger partial charge in [-0.2, -0.15) is 0 Å². The molecule has 0 aromatic carbocycles. The highest BCUT2D eigenvalue weighted by atomic mass is 16.7. The summed E-state index contributed by atoms with van der Waals surface area (Å²) in [6.45, 7) is 6.61. The molecule has 2 aliphatic heterocycles. The molecular formula is C19H26O8. The summed E-state index contributed by atoms with van der Waals surface area (Å²) >= 11 is 0. The van der Waals surface area contributed by atoms with Gasteiger partial charge in [0.15, 0.2) is 0 Å². The number of ether oxygens (including phenoxy) is 4. The van der Waals surface area contributed by atoms with E-state index in [0.717, 1.165) is 5.57 Å². The molecule has 2 N–H and O–H groups in total. The molecule has 8 atom stereocenters. The van der Waals surface area contributed by atoms with Crippen molar-refractivity contribution in [1.29, 1.82) is 0 Å². The Labute approximate surface area is 157 Å². The first-order valence-electron chi connectivity index (χ1n) is 9.23. The number of carbonyl (C=O) groups is 2. The lowest BCUT2D eigenvalue weighted by molar-refractivity contribution is -0.239. The maximum absolute atomic E-state index is 11.8. The third kappa shape index (κ3) is 2.24.